The molecule has 0 bridgehead atoms. The van der Waals surface area contributed by atoms with Gasteiger partial charge in [-0.05, 0) is 20.8 Å². The Morgan fingerprint density at radius 3 is 2.87 bits per heavy atom. The number of rotatable bonds is 2. The van der Waals surface area contributed by atoms with Gasteiger partial charge in [0, 0.05) is 0 Å². The molecule has 0 aromatic heterocycles. The molecule has 1 heterocycles. The van der Waals surface area contributed by atoms with E-state index < -0.39 is 0 Å². The summed E-state index contributed by atoms with van der Waals surface area (Å²) in [4.78, 5) is 13.1. The molecule has 0 aromatic rings. The summed E-state index contributed by atoms with van der Waals surface area (Å²) in [5.41, 5.74) is -0.337. The molecule has 1 fully saturated rings. The molecule has 1 aliphatic heterocycles. The summed E-state index contributed by atoms with van der Waals surface area (Å²) >= 11 is 0. The van der Waals surface area contributed by atoms with Gasteiger partial charge < -0.3 is 19.5 Å². The first-order chi connectivity index (χ1) is 6.94. The third-order valence-electron chi connectivity index (χ3n) is 2.14. The van der Waals surface area contributed by atoms with Crippen LogP contribution in [-0.4, -0.2) is 54.1 Å². The standard InChI is InChI=1S/C10H19NO4/c1-8-6-11(7-10(2,3)15-8)9(13)14-5-4-12/h8,12H,4-7H2,1-3H3. The molecule has 1 N–H and O–H groups in total. The molecule has 1 unspecified atom stereocenters. The Kier molecular flexibility index (Phi) is 3.93. The van der Waals surface area contributed by atoms with Crippen molar-refractivity contribution >= 4 is 6.09 Å². The second-order valence-corrected chi connectivity index (χ2v) is 4.41. The zero-order valence-electron chi connectivity index (χ0n) is 9.52. The number of aliphatic hydroxyl groups is 1. The number of hydrogen-bond donors (Lipinski definition) is 1. The number of aliphatic hydroxyl groups excluding tert-OH is 1. The van der Waals surface area contributed by atoms with Gasteiger partial charge in [0.25, 0.3) is 0 Å². The predicted molar refractivity (Wildman–Crippen MR) is 54.6 cm³/mol. The maximum Gasteiger partial charge on any atom is 0.410 e. The topological polar surface area (TPSA) is 59.0 Å². The summed E-state index contributed by atoms with van der Waals surface area (Å²) < 4.78 is 10.5. The van der Waals surface area contributed by atoms with Gasteiger partial charge in [0.2, 0.25) is 0 Å². The first-order valence-electron chi connectivity index (χ1n) is 5.15. The van der Waals surface area contributed by atoms with Crippen molar-refractivity contribution < 1.29 is 19.4 Å². The molecular formula is C10H19NO4. The number of hydrogen-bond acceptors (Lipinski definition) is 4. The Labute approximate surface area is 90.0 Å². The van der Waals surface area contributed by atoms with Crippen LogP contribution in [0.2, 0.25) is 0 Å². The molecule has 0 saturated carbocycles. The van der Waals surface area contributed by atoms with Gasteiger partial charge in [-0.15, -0.1) is 0 Å². The van der Waals surface area contributed by atoms with Crippen molar-refractivity contribution in [3.8, 4) is 0 Å². The molecule has 0 aliphatic carbocycles. The molecule has 0 aromatic carbocycles. The molecule has 0 radical (unpaired) electrons. The summed E-state index contributed by atoms with van der Waals surface area (Å²) in [6.45, 7) is 6.76. The fraction of sp³-hybridized carbons (Fsp3) is 0.900. The van der Waals surface area contributed by atoms with Crippen LogP contribution < -0.4 is 0 Å². The minimum Gasteiger partial charge on any atom is -0.447 e. The van der Waals surface area contributed by atoms with Crippen LogP contribution in [0.25, 0.3) is 0 Å². The fourth-order valence-electron chi connectivity index (χ4n) is 1.82. The van der Waals surface area contributed by atoms with E-state index >= 15 is 0 Å². The normalized spacial score (nSPS) is 25.1. The first kappa shape index (κ1) is 12.3. The molecule has 15 heavy (non-hydrogen) atoms. The minimum absolute atomic E-state index is 0.00965. The molecule has 1 rings (SSSR count). The fourth-order valence-corrected chi connectivity index (χ4v) is 1.82. The summed E-state index contributed by atoms with van der Waals surface area (Å²) in [5, 5.41) is 8.55. The quantitative estimate of drug-likeness (QED) is 0.736. The van der Waals surface area contributed by atoms with Crippen LogP contribution in [0.1, 0.15) is 20.8 Å². The zero-order valence-corrected chi connectivity index (χ0v) is 9.52. The summed E-state index contributed by atoms with van der Waals surface area (Å²) in [5.74, 6) is 0. The molecule has 5 nitrogen and oxygen atoms in total. The van der Waals surface area contributed by atoms with Gasteiger partial charge in [0.15, 0.2) is 0 Å². The van der Waals surface area contributed by atoms with Gasteiger partial charge in [0.1, 0.15) is 6.61 Å². The predicted octanol–water partition coefficient (Wildman–Crippen LogP) is 0.615. The number of amides is 1. The van der Waals surface area contributed by atoms with Gasteiger partial charge in [-0.2, -0.15) is 0 Å². The molecule has 1 aliphatic rings. The maximum atomic E-state index is 11.5. The van der Waals surface area contributed by atoms with Crippen LogP contribution in [0.15, 0.2) is 0 Å². The number of carbonyl (C=O) groups excluding carboxylic acids is 1. The van der Waals surface area contributed by atoms with Gasteiger partial charge in [-0.3, -0.25) is 0 Å². The first-order valence-corrected chi connectivity index (χ1v) is 5.15. The van der Waals surface area contributed by atoms with Gasteiger partial charge in [0.05, 0.1) is 31.4 Å². The van der Waals surface area contributed by atoms with E-state index in [0.29, 0.717) is 13.1 Å². The SMILES string of the molecule is CC1CN(C(=O)OCCO)CC(C)(C)O1. The van der Waals surface area contributed by atoms with Crippen molar-refractivity contribution in [1.29, 1.82) is 0 Å². The lowest BCUT2D eigenvalue weighted by atomic mass is 10.1. The summed E-state index contributed by atoms with van der Waals surface area (Å²) in [6, 6.07) is 0. The van der Waals surface area contributed by atoms with E-state index in [2.05, 4.69) is 0 Å². The van der Waals surface area contributed by atoms with Crippen LogP contribution in [0.5, 0.6) is 0 Å². The summed E-state index contributed by atoms with van der Waals surface area (Å²) in [7, 11) is 0. The van der Waals surface area contributed by atoms with Crippen LogP contribution >= 0.6 is 0 Å². The van der Waals surface area contributed by atoms with E-state index in [0.717, 1.165) is 0 Å². The average molecular weight is 217 g/mol. The molecule has 1 atom stereocenters. The van der Waals surface area contributed by atoms with E-state index in [-0.39, 0.29) is 31.0 Å². The maximum absolute atomic E-state index is 11.5. The number of nitrogens with zero attached hydrogens (tertiary/aromatic N) is 1. The Morgan fingerprint density at radius 2 is 2.33 bits per heavy atom. The molecular weight excluding hydrogens is 198 g/mol. The Hall–Kier alpha value is -0.810. The van der Waals surface area contributed by atoms with Crippen molar-refractivity contribution in [3.63, 3.8) is 0 Å². The highest BCUT2D eigenvalue weighted by Crippen LogP contribution is 2.21. The lowest BCUT2D eigenvalue weighted by Crippen LogP contribution is -2.54. The molecule has 1 amide bonds. The van der Waals surface area contributed by atoms with Gasteiger partial charge in [-0.25, -0.2) is 4.79 Å². The van der Waals surface area contributed by atoms with Crippen molar-refractivity contribution in [2.45, 2.75) is 32.5 Å². The lowest BCUT2D eigenvalue weighted by Gasteiger charge is -2.40. The van der Waals surface area contributed by atoms with Crippen molar-refractivity contribution in [2.75, 3.05) is 26.3 Å². The Balaban J connectivity index is 2.50. The highest BCUT2D eigenvalue weighted by molar-refractivity contribution is 5.67. The second kappa shape index (κ2) is 4.81. The van der Waals surface area contributed by atoms with Crippen molar-refractivity contribution in [2.24, 2.45) is 0 Å². The van der Waals surface area contributed by atoms with Crippen LogP contribution in [0.4, 0.5) is 4.79 Å². The minimum atomic E-state index is -0.382. The molecule has 0 spiro atoms. The van der Waals surface area contributed by atoms with Crippen molar-refractivity contribution in [1.82, 2.24) is 4.90 Å². The molecule has 88 valence electrons. The third kappa shape index (κ3) is 3.68. The van der Waals surface area contributed by atoms with E-state index in [1.165, 1.54) is 0 Å². The number of morpholine rings is 1. The smallest absolute Gasteiger partial charge is 0.410 e. The van der Waals surface area contributed by atoms with E-state index in [9.17, 15) is 4.79 Å². The largest absolute Gasteiger partial charge is 0.447 e. The van der Waals surface area contributed by atoms with Crippen LogP contribution in [0.3, 0.4) is 0 Å². The number of ether oxygens (including phenoxy) is 2. The Bertz CT molecular complexity index is 229. The Morgan fingerprint density at radius 1 is 1.67 bits per heavy atom. The third-order valence-corrected chi connectivity index (χ3v) is 2.14. The molecule has 5 heteroatoms. The second-order valence-electron chi connectivity index (χ2n) is 4.41. The van der Waals surface area contributed by atoms with E-state index in [1.807, 2.05) is 20.8 Å². The van der Waals surface area contributed by atoms with Crippen molar-refractivity contribution in [3.05, 3.63) is 0 Å². The van der Waals surface area contributed by atoms with Crippen LogP contribution in [0, 0.1) is 0 Å². The lowest BCUT2D eigenvalue weighted by molar-refractivity contribution is -0.123. The average Bonchev–Trinajstić information content (AvgIpc) is 2.10. The van der Waals surface area contributed by atoms with Gasteiger partial charge in [-0.1, -0.05) is 0 Å². The van der Waals surface area contributed by atoms with E-state index in [4.69, 9.17) is 14.6 Å². The molecule has 1 saturated heterocycles. The zero-order chi connectivity index (χ0) is 11.5. The monoisotopic (exact) mass is 217 g/mol. The van der Waals surface area contributed by atoms with Gasteiger partial charge >= 0.3 is 6.09 Å². The summed E-state index contributed by atoms with van der Waals surface area (Å²) in [6.07, 6.45) is -0.372. The highest BCUT2D eigenvalue weighted by atomic mass is 16.6. The van der Waals surface area contributed by atoms with Crippen LogP contribution in [-0.2, 0) is 9.47 Å². The number of carbonyl (C=O) groups is 1. The highest BCUT2D eigenvalue weighted by Gasteiger charge is 2.34. The van der Waals surface area contributed by atoms with E-state index in [1.54, 1.807) is 4.90 Å².